The number of benzene rings is 1. The number of hydrogen-bond donors (Lipinski definition) is 0. The van der Waals surface area contributed by atoms with E-state index in [2.05, 4.69) is 51.1 Å². The molecule has 0 aromatic heterocycles. The molecule has 1 rings (SSSR count). The molecule has 26 heavy (non-hydrogen) atoms. The molecule has 0 aliphatic heterocycles. The van der Waals surface area contributed by atoms with E-state index in [1.807, 2.05) is 0 Å². The summed E-state index contributed by atoms with van der Waals surface area (Å²) in [4.78, 5) is 0. The maximum atomic E-state index is 6.88. The molecule has 0 radical (unpaired) electrons. The van der Waals surface area contributed by atoms with E-state index >= 15 is 0 Å². The minimum absolute atomic E-state index is 1.13. The van der Waals surface area contributed by atoms with E-state index in [9.17, 15) is 0 Å². The maximum Gasteiger partial charge on any atom is 0.251 e. The Bertz CT molecular complexity index is 386. The van der Waals surface area contributed by atoms with Crippen LogP contribution in [0.15, 0.2) is 30.3 Å². The Balaban J connectivity index is 2.77. The summed E-state index contributed by atoms with van der Waals surface area (Å²) < 4.78 is 6.88. The molecule has 150 valence electrons. The van der Waals surface area contributed by atoms with Gasteiger partial charge in [-0.15, -0.1) is 0 Å². The molecular formula is C24H44OSi. The normalized spacial score (nSPS) is 11.7. The van der Waals surface area contributed by atoms with Crippen molar-refractivity contribution in [1.29, 1.82) is 0 Å². The second-order valence-corrected chi connectivity index (χ2v) is 12.1. The van der Waals surface area contributed by atoms with Crippen LogP contribution in [0.2, 0.25) is 18.1 Å². The van der Waals surface area contributed by atoms with Crippen LogP contribution in [0.4, 0.5) is 0 Å². The average Bonchev–Trinajstić information content (AvgIpc) is 2.67. The van der Waals surface area contributed by atoms with Crippen LogP contribution in [-0.4, -0.2) is 8.32 Å². The number of unbranched alkanes of at least 4 members (excludes halogenated alkanes) is 9. The number of hydrogen-bond acceptors (Lipinski definition) is 1. The monoisotopic (exact) mass is 376 g/mol. The third kappa shape index (κ3) is 10.4. The van der Waals surface area contributed by atoms with Gasteiger partial charge in [0, 0.05) is 0 Å². The highest BCUT2D eigenvalue weighted by molar-refractivity contribution is 6.74. The second kappa shape index (κ2) is 15.3. The largest absolute Gasteiger partial charge is 0.543 e. The Labute approximate surface area is 165 Å². The van der Waals surface area contributed by atoms with Crippen LogP contribution < -0.4 is 4.43 Å². The smallest absolute Gasteiger partial charge is 0.251 e. The first kappa shape index (κ1) is 23.3. The van der Waals surface area contributed by atoms with Crippen LogP contribution >= 0.6 is 0 Å². The number of rotatable bonds is 17. The van der Waals surface area contributed by atoms with Gasteiger partial charge in [-0.2, -0.15) is 0 Å². The molecule has 1 aromatic rings. The van der Waals surface area contributed by atoms with Gasteiger partial charge in [0.15, 0.2) is 0 Å². The highest BCUT2D eigenvalue weighted by Gasteiger charge is 2.35. The van der Waals surface area contributed by atoms with Gasteiger partial charge in [-0.05, 0) is 30.3 Å². The van der Waals surface area contributed by atoms with Gasteiger partial charge >= 0.3 is 0 Å². The zero-order valence-corrected chi connectivity index (χ0v) is 18.9. The molecule has 0 atom stereocenters. The van der Waals surface area contributed by atoms with Gasteiger partial charge in [0.25, 0.3) is 8.32 Å². The summed E-state index contributed by atoms with van der Waals surface area (Å²) in [5, 5.41) is 0. The van der Waals surface area contributed by atoms with Crippen LogP contribution in [0, 0.1) is 0 Å². The topological polar surface area (TPSA) is 9.23 Å². The van der Waals surface area contributed by atoms with Crippen LogP contribution in [-0.2, 0) is 0 Å². The van der Waals surface area contributed by atoms with Crippen molar-refractivity contribution in [2.24, 2.45) is 0 Å². The van der Waals surface area contributed by atoms with Crippen molar-refractivity contribution in [2.45, 2.75) is 116 Å². The Kier molecular flexibility index (Phi) is 13.7. The molecule has 0 spiro atoms. The second-order valence-electron chi connectivity index (χ2n) is 8.03. The minimum Gasteiger partial charge on any atom is -0.543 e. The zero-order chi connectivity index (χ0) is 18.9. The highest BCUT2D eigenvalue weighted by atomic mass is 28.4. The quantitative estimate of drug-likeness (QED) is 0.195. The van der Waals surface area contributed by atoms with E-state index in [1.54, 1.807) is 0 Å². The van der Waals surface area contributed by atoms with Gasteiger partial charge in [-0.1, -0.05) is 116 Å². The van der Waals surface area contributed by atoms with Crippen LogP contribution in [0.5, 0.6) is 5.75 Å². The van der Waals surface area contributed by atoms with E-state index in [-0.39, 0.29) is 0 Å². The Hall–Kier alpha value is -0.763. The van der Waals surface area contributed by atoms with Crippen molar-refractivity contribution in [2.75, 3.05) is 0 Å². The summed E-state index contributed by atoms with van der Waals surface area (Å²) >= 11 is 0. The van der Waals surface area contributed by atoms with Gasteiger partial charge in [0.2, 0.25) is 0 Å². The standard InChI is InChI=1S/C24H44OSi/c1-4-7-10-16-21-26(22-17-11-8-5-2,23-18-12-9-6-3)25-24-19-14-13-15-20-24/h13-15,19-20H,4-12,16-18,21-23H2,1-3H3. The molecule has 0 aliphatic rings. The summed E-state index contributed by atoms with van der Waals surface area (Å²) in [5.41, 5.74) is 0. The SMILES string of the molecule is CCCCCC[Si](CCCCCC)(CCCCCC)Oc1ccccc1. The fraction of sp³-hybridized carbons (Fsp3) is 0.750. The first-order chi connectivity index (χ1) is 12.8. The maximum absolute atomic E-state index is 6.88. The van der Waals surface area contributed by atoms with Crippen molar-refractivity contribution in [3.8, 4) is 5.75 Å². The lowest BCUT2D eigenvalue weighted by molar-refractivity contribution is 0.502. The summed E-state index contributed by atoms with van der Waals surface area (Å²) in [6.07, 6.45) is 16.3. The molecule has 0 heterocycles. The molecule has 0 unspecified atom stereocenters. The van der Waals surface area contributed by atoms with Gasteiger partial charge in [0.1, 0.15) is 5.75 Å². The van der Waals surface area contributed by atoms with Crippen molar-refractivity contribution in [1.82, 2.24) is 0 Å². The van der Waals surface area contributed by atoms with Crippen molar-refractivity contribution >= 4 is 8.32 Å². The molecule has 0 bridgehead atoms. The third-order valence-corrected chi connectivity index (χ3v) is 10.00. The lowest BCUT2D eigenvalue weighted by atomic mass is 10.2. The predicted octanol–water partition coefficient (Wildman–Crippen LogP) is 8.75. The Morgan fingerprint density at radius 3 is 1.38 bits per heavy atom. The van der Waals surface area contributed by atoms with Gasteiger partial charge < -0.3 is 4.43 Å². The zero-order valence-electron chi connectivity index (χ0n) is 17.9. The van der Waals surface area contributed by atoms with Crippen molar-refractivity contribution in [3.63, 3.8) is 0 Å². The average molecular weight is 377 g/mol. The molecule has 0 saturated heterocycles. The summed E-state index contributed by atoms with van der Waals surface area (Å²) in [6.45, 7) is 6.92. The van der Waals surface area contributed by atoms with Gasteiger partial charge in [0.05, 0.1) is 0 Å². The molecule has 0 amide bonds. The highest BCUT2D eigenvalue weighted by Crippen LogP contribution is 2.32. The Morgan fingerprint density at radius 1 is 0.577 bits per heavy atom. The predicted molar refractivity (Wildman–Crippen MR) is 120 cm³/mol. The number of para-hydroxylation sites is 1. The third-order valence-electron chi connectivity index (χ3n) is 5.54. The molecule has 1 aromatic carbocycles. The first-order valence-corrected chi connectivity index (χ1v) is 14.0. The van der Waals surface area contributed by atoms with E-state index in [4.69, 9.17) is 4.43 Å². The van der Waals surface area contributed by atoms with Gasteiger partial charge in [-0.3, -0.25) is 0 Å². The summed E-state index contributed by atoms with van der Waals surface area (Å²) in [5.74, 6) is 1.13. The van der Waals surface area contributed by atoms with E-state index < -0.39 is 8.32 Å². The molecule has 2 heteroatoms. The fourth-order valence-corrected chi connectivity index (χ4v) is 8.26. The van der Waals surface area contributed by atoms with E-state index in [0.29, 0.717) is 0 Å². The van der Waals surface area contributed by atoms with Crippen LogP contribution in [0.25, 0.3) is 0 Å². The summed E-state index contributed by atoms with van der Waals surface area (Å²) in [7, 11) is -1.69. The fourth-order valence-electron chi connectivity index (χ4n) is 3.89. The molecule has 0 N–H and O–H groups in total. The van der Waals surface area contributed by atoms with E-state index in [0.717, 1.165) is 5.75 Å². The lowest BCUT2D eigenvalue weighted by Crippen LogP contribution is -2.41. The molecular weight excluding hydrogens is 332 g/mol. The molecule has 0 saturated carbocycles. The van der Waals surface area contributed by atoms with Gasteiger partial charge in [-0.25, -0.2) is 0 Å². The first-order valence-electron chi connectivity index (χ1n) is 11.5. The van der Waals surface area contributed by atoms with Crippen molar-refractivity contribution < 1.29 is 4.43 Å². The molecule has 0 fully saturated rings. The van der Waals surface area contributed by atoms with Crippen LogP contribution in [0.3, 0.4) is 0 Å². The summed E-state index contributed by atoms with van der Waals surface area (Å²) in [6, 6.07) is 14.8. The lowest BCUT2D eigenvalue weighted by Gasteiger charge is -2.33. The Morgan fingerprint density at radius 2 is 1.00 bits per heavy atom. The minimum atomic E-state index is -1.69. The molecule has 1 nitrogen and oxygen atoms in total. The van der Waals surface area contributed by atoms with Crippen molar-refractivity contribution in [3.05, 3.63) is 30.3 Å². The van der Waals surface area contributed by atoms with Crippen LogP contribution in [0.1, 0.15) is 97.8 Å². The molecule has 0 aliphatic carbocycles. The van der Waals surface area contributed by atoms with E-state index in [1.165, 1.54) is 95.2 Å².